The van der Waals surface area contributed by atoms with Gasteiger partial charge in [0.2, 0.25) is 5.95 Å². The maximum atomic E-state index is 6.06. The summed E-state index contributed by atoms with van der Waals surface area (Å²) in [5.41, 5.74) is 0.860. The number of aromatic nitrogens is 3. The molecule has 0 saturated heterocycles. The van der Waals surface area contributed by atoms with Crippen molar-refractivity contribution in [3.05, 3.63) is 34.9 Å². The number of nitrogens with zero attached hydrogens (tertiary/aromatic N) is 3. The monoisotopic (exact) mass is 294 g/mol. The van der Waals surface area contributed by atoms with E-state index < -0.39 is 0 Å². The molecule has 1 aromatic heterocycles. The average molecular weight is 295 g/mol. The van der Waals surface area contributed by atoms with Gasteiger partial charge in [-0.2, -0.15) is 9.97 Å². The van der Waals surface area contributed by atoms with Gasteiger partial charge < -0.3 is 14.8 Å². The fraction of sp³-hybridized carbons (Fsp3) is 0.308. The average Bonchev–Trinajstić information content (AvgIpc) is 2.46. The minimum atomic E-state index is 0.188. The fourth-order valence-corrected chi connectivity index (χ4v) is 1.66. The quantitative estimate of drug-likeness (QED) is 0.883. The number of benzene rings is 1. The third-order valence-electron chi connectivity index (χ3n) is 2.41. The van der Waals surface area contributed by atoms with Crippen molar-refractivity contribution in [1.29, 1.82) is 0 Å². The minimum absolute atomic E-state index is 0.188. The van der Waals surface area contributed by atoms with Crippen molar-refractivity contribution >= 4 is 17.5 Å². The molecule has 2 rings (SSSR count). The van der Waals surface area contributed by atoms with Crippen LogP contribution in [0.25, 0.3) is 0 Å². The first kappa shape index (κ1) is 14.3. The molecule has 6 nitrogen and oxygen atoms in total. The second-order valence-corrected chi connectivity index (χ2v) is 4.19. The Labute approximate surface area is 122 Å². The largest absolute Gasteiger partial charge is 0.464 e. The van der Waals surface area contributed by atoms with Crippen molar-refractivity contribution in [1.82, 2.24) is 15.0 Å². The number of halogens is 1. The summed E-state index contributed by atoms with van der Waals surface area (Å²) in [5, 5.41) is 3.47. The van der Waals surface area contributed by atoms with Crippen LogP contribution in [0.3, 0.4) is 0 Å². The SMILES string of the molecule is CCOc1nc(NC)nc(OCc2ccccc2Cl)n1. The first-order chi connectivity index (χ1) is 9.72. The first-order valence-electron chi connectivity index (χ1n) is 6.15. The van der Waals surface area contributed by atoms with E-state index >= 15 is 0 Å². The van der Waals surface area contributed by atoms with Gasteiger partial charge in [0.1, 0.15) is 6.61 Å². The van der Waals surface area contributed by atoms with E-state index in [9.17, 15) is 0 Å². The molecule has 1 aromatic carbocycles. The van der Waals surface area contributed by atoms with Crippen molar-refractivity contribution in [3.8, 4) is 12.0 Å². The van der Waals surface area contributed by atoms with Gasteiger partial charge in [-0.15, -0.1) is 4.98 Å². The zero-order valence-electron chi connectivity index (χ0n) is 11.3. The molecule has 0 amide bonds. The third-order valence-corrected chi connectivity index (χ3v) is 2.77. The molecule has 0 aliphatic carbocycles. The molecule has 2 aromatic rings. The molecular formula is C13H15ClN4O2. The summed E-state index contributed by atoms with van der Waals surface area (Å²) in [6, 6.07) is 7.85. The number of anilines is 1. The van der Waals surface area contributed by atoms with Crippen LogP contribution in [0.15, 0.2) is 24.3 Å². The summed E-state index contributed by atoms with van der Waals surface area (Å²) in [4.78, 5) is 12.2. The Morgan fingerprint density at radius 1 is 1.10 bits per heavy atom. The zero-order valence-corrected chi connectivity index (χ0v) is 12.0. The van der Waals surface area contributed by atoms with Gasteiger partial charge in [-0.25, -0.2) is 0 Å². The predicted molar refractivity (Wildman–Crippen MR) is 76.3 cm³/mol. The summed E-state index contributed by atoms with van der Waals surface area (Å²) in [6.07, 6.45) is 0. The van der Waals surface area contributed by atoms with Crippen LogP contribution in [0.1, 0.15) is 12.5 Å². The zero-order chi connectivity index (χ0) is 14.4. The van der Waals surface area contributed by atoms with Gasteiger partial charge in [0.15, 0.2) is 0 Å². The van der Waals surface area contributed by atoms with Crippen LogP contribution >= 0.6 is 11.6 Å². The lowest BCUT2D eigenvalue weighted by Gasteiger charge is -2.08. The van der Waals surface area contributed by atoms with Gasteiger partial charge in [0.25, 0.3) is 0 Å². The molecule has 1 heterocycles. The highest BCUT2D eigenvalue weighted by Gasteiger charge is 2.08. The Bertz CT molecular complexity index is 580. The number of ether oxygens (including phenoxy) is 2. The van der Waals surface area contributed by atoms with Crippen LogP contribution in [0.4, 0.5) is 5.95 Å². The van der Waals surface area contributed by atoms with E-state index in [0.29, 0.717) is 17.6 Å². The number of hydrogen-bond acceptors (Lipinski definition) is 6. The highest BCUT2D eigenvalue weighted by atomic mass is 35.5. The van der Waals surface area contributed by atoms with E-state index in [-0.39, 0.29) is 18.6 Å². The molecule has 0 saturated carbocycles. The van der Waals surface area contributed by atoms with Gasteiger partial charge in [-0.1, -0.05) is 29.8 Å². The molecular weight excluding hydrogens is 280 g/mol. The van der Waals surface area contributed by atoms with E-state index in [4.69, 9.17) is 21.1 Å². The molecule has 0 spiro atoms. The van der Waals surface area contributed by atoms with Crippen molar-refractivity contribution in [2.24, 2.45) is 0 Å². The number of nitrogens with one attached hydrogen (secondary N) is 1. The Morgan fingerprint density at radius 3 is 2.45 bits per heavy atom. The maximum Gasteiger partial charge on any atom is 0.324 e. The van der Waals surface area contributed by atoms with Crippen LogP contribution < -0.4 is 14.8 Å². The van der Waals surface area contributed by atoms with E-state index in [1.807, 2.05) is 25.1 Å². The van der Waals surface area contributed by atoms with Gasteiger partial charge in [0, 0.05) is 17.6 Å². The highest BCUT2D eigenvalue weighted by Crippen LogP contribution is 2.18. The third kappa shape index (κ3) is 3.71. The van der Waals surface area contributed by atoms with E-state index in [1.165, 1.54) is 0 Å². The smallest absolute Gasteiger partial charge is 0.324 e. The van der Waals surface area contributed by atoms with Gasteiger partial charge in [-0.3, -0.25) is 0 Å². The van der Waals surface area contributed by atoms with Gasteiger partial charge in [0.05, 0.1) is 6.61 Å². The molecule has 0 fully saturated rings. The van der Waals surface area contributed by atoms with Crippen LogP contribution in [0.5, 0.6) is 12.0 Å². The molecule has 0 aliphatic heterocycles. The molecule has 7 heteroatoms. The van der Waals surface area contributed by atoms with Crippen LogP contribution in [0, 0.1) is 0 Å². The molecule has 106 valence electrons. The molecule has 0 unspecified atom stereocenters. The summed E-state index contributed by atoms with van der Waals surface area (Å²) in [5.74, 6) is 0.387. The first-order valence-corrected chi connectivity index (χ1v) is 6.53. The molecule has 0 bridgehead atoms. The van der Waals surface area contributed by atoms with Gasteiger partial charge >= 0.3 is 12.0 Å². The topological polar surface area (TPSA) is 69.2 Å². The molecule has 0 atom stereocenters. The second kappa shape index (κ2) is 6.91. The molecule has 20 heavy (non-hydrogen) atoms. The Balaban J connectivity index is 2.12. The lowest BCUT2D eigenvalue weighted by Crippen LogP contribution is -2.07. The fourth-order valence-electron chi connectivity index (χ4n) is 1.47. The standard InChI is InChI=1S/C13H15ClN4O2/c1-3-19-12-16-11(15-2)17-13(18-12)20-8-9-6-4-5-7-10(9)14/h4-7H,3,8H2,1-2H3,(H,15,16,17,18). The summed E-state index contributed by atoms with van der Waals surface area (Å²) in [6.45, 7) is 2.60. The van der Waals surface area contributed by atoms with Crippen molar-refractivity contribution in [2.45, 2.75) is 13.5 Å². The van der Waals surface area contributed by atoms with Gasteiger partial charge in [-0.05, 0) is 13.0 Å². The normalized spacial score (nSPS) is 10.2. The number of rotatable bonds is 6. The van der Waals surface area contributed by atoms with Crippen molar-refractivity contribution < 1.29 is 9.47 Å². The maximum absolute atomic E-state index is 6.06. The van der Waals surface area contributed by atoms with Crippen LogP contribution in [-0.2, 0) is 6.61 Å². The minimum Gasteiger partial charge on any atom is -0.464 e. The highest BCUT2D eigenvalue weighted by molar-refractivity contribution is 6.31. The Hall–Kier alpha value is -2.08. The summed E-state index contributed by atoms with van der Waals surface area (Å²) >= 11 is 6.06. The molecule has 0 radical (unpaired) electrons. The molecule has 0 aliphatic rings. The van der Waals surface area contributed by atoms with Crippen molar-refractivity contribution in [3.63, 3.8) is 0 Å². The van der Waals surface area contributed by atoms with Crippen LogP contribution in [0.2, 0.25) is 5.02 Å². The van der Waals surface area contributed by atoms with Crippen LogP contribution in [-0.4, -0.2) is 28.6 Å². The van der Waals surface area contributed by atoms with E-state index in [1.54, 1.807) is 13.1 Å². The Kier molecular flexibility index (Phi) is 4.95. The Morgan fingerprint density at radius 2 is 1.80 bits per heavy atom. The lowest BCUT2D eigenvalue weighted by atomic mass is 10.2. The summed E-state index contributed by atoms with van der Waals surface area (Å²) < 4.78 is 10.8. The van der Waals surface area contributed by atoms with E-state index in [2.05, 4.69) is 20.3 Å². The van der Waals surface area contributed by atoms with E-state index in [0.717, 1.165) is 5.56 Å². The molecule has 1 N–H and O–H groups in total. The lowest BCUT2D eigenvalue weighted by molar-refractivity contribution is 0.262. The number of hydrogen-bond donors (Lipinski definition) is 1. The predicted octanol–water partition coefficient (Wildman–Crippen LogP) is 2.54. The summed E-state index contributed by atoms with van der Waals surface area (Å²) in [7, 11) is 1.71. The second-order valence-electron chi connectivity index (χ2n) is 3.79. The van der Waals surface area contributed by atoms with Crippen molar-refractivity contribution in [2.75, 3.05) is 19.0 Å².